The van der Waals surface area contributed by atoms with Gasteiger partial charge in [-0.25, -0.2) is 4.98 Å². The number of aliphatic carboxylic acids is 1. The van der Waals surface area contributed by atoms with Crippen LogP contribution in [-0.4, -0.2) is 40.2 Å². The van der Waals surface area contributed by atoms with Gasteiger partial charge in [0.2, 0.25) is 0 Å². The van der Waals surface area contributed by atoms with Crippen molar-refractivity contribution in [1.82, 2.24) is 14.7 Å². The molecular weight excluding hydrogens is 543 g/mol. The Hall–Kier alpha value is -3.70. The van der Waals surface area contributed by atoms with Gasteiger partial charge in [0, 0.05) is 25.9 Å². The smallest absolute Gasteiger partial charge is 0.481 e. The average molecular weight is 576 g/mol. The number of nitrogens with one attached hydrogen (secondary N) is 1. The molecule has 1 aliphatic carbocycles. The van der Waals surface area contributed by atoms with Crippen LogP contribution < -0.4 is 10.1 Å². The molecule has 2 heterocycles. The van der Waals surface area contributed by atoms with Gasteiger partial charge in [-0.3, -0.25) is 14.0 Å². The van der Waals surface area contributed by atoms with Crippen LogP contribution in [0.2, 0.25) is 0 Å². The van der Waals surface area contributed by atoms with Crippen LogP contribution in [0.25, 0.3) is 15.4 Å². The third-order valence-electron chi connectivity index (χ3n) is 6.08. The summed E-state index contributed by atoms with van der Waals surface area (Å²) < 4.78 is 41.2. The minimum atomic E-state index is -4.63. The van der Waals surface area contributed by atoms with E-state index in [-0.39, 0.29) is 5.75 Å². The van der Waals surface area contributed by atoms with Gasteiger partial charge in [-0.2, -0.15) is 0 Å². The topological polar surface area (TPSA) is 92.9 Å². The molecule has 2 N–H and O–H groups in total. The Morgan fingerprint density at radius 3 is 2.40 bits per heavy atom. The molecule has 0 unspecified atom stereocenters. The van der Waals surface area contributed by atoms with Crippen molar-refractivity contribution < 1.29 is 32.6 Å². The van der Waals surface area contributed by atoms with Gasteiger partial charge in [-0.15, -0.1) is 13.2 Å². The molecule has 2 aromatic carbocycles. The van der Waals surface area contributed by atoms with Crippen LogP contribution in [0, 0.1) is 0 Å². The minimum absolute atomic E-state index is 0.190. The first kappa shape index (κ1) is 30.8. The van der Waals surface area contributed by atoms with Crippen molar-refractivity contribution in [1.29, 1.82) is 0 Å². The first-order valence-electron chi connectivity index (χ1n) is 12.8. The number of halogens is 3. The van der Waals surface area contributed by atoms with E-state index in [4.69, 9.17) is 9.90 Å². The zero-order valence-electron chi connectivity index (χ0n) is 22.3. The number of alkyl halides is 3. The van der Waals surface area contributed by atoms with Crippen LogP contribution in [0.4, 0.5) is 13.2 Å². The molecule has 4 aromatic rings. The van der Waals surface area contributed by atoms with E-state index in [1.165, 1.54) is 66.3 Å². The van der Waals surface area contributed by atoms with Gasteiger partial charge >= 0.3 is 6.36 Å². The Kier molecular flexibility index (Phi) is 11.3. The van der Waals surface area contributed by atoms with E-state index >= 15 is 0 Å². The summed E-state index contributed by atoms with van der Waals surface area (Å²) in [7, 11) is 1.72. The maximum atomic E-state index is 11.8. The van der Waals surface area contributed by atoms with Gasteiger partial charge in [-0.1, -0.05) is 67.0 Å². The van der Waals surface area contributed by atoms with E-state index in [1.54, 1.807) is 30.6 Å². The largest absolute Gasteiger partial charge is 0.573 e. The normalized spacial score (nSPS) is 13.5. The first-order chi connectivity index (χ1) is 19.1. The van der Waals surface area contributed by atoms with Crippen molar-refractivity contribution in [2.45, 2.75) is 57.9 Å². The number of imidazole rings is 1. The van der Waals surface area contributed by atoms with E-state index < -0.39 is 12.3 Å². The standard InChI is InChI=1S/C18H18N2OS.C9H10F3NO.C2H4O2/c21-12-16-10-20-11-17(22-18(20)19-16)15-8-6-14(7-9-15)13-4-2-1-3-5-13;1-13-6-7-3-2-4-8(5-7)14-9(10,11)12;1-2(3)4/h6-13H,1-5H2;2-5,13H,6H2,1H3;1H3,(H,3,4). The van der Waals surface area contributed by atoms with Crippen molar-refractivity contribution in [3.8, 4) is 16.2 Å². The Bertz CT molecular complexity index is 1340. The quantitative estimate of drug-likeness (QED) is 0.234. The van der Waals surface area contributed by atoms with Gasteiger partial charge in [-0.05, 0) is 54.6 Å². The second kappa shape index (κ2) is 14.6. The zero-order chi connectivity index (χ0) is 29.1. The lowest BCUT2D eigenvalue weighted by Crippen LogP contribution is -2.17. The number of hydrogen-bond donors (Lipinski definition) is 2. The lowest BCUT2D eigenvalue weighted by Gasteiger charge is -2.22. The van der Waals surface area contributed by atoms with Crippen LogP contribution >= 0.6 is 11.3 Å². The lowest BCUT2D eigenvalue weighted by molar-refractivity contribution is -0.274. The highest BCUT2D eigenvalue weighted by atomic mass is 32.1. The van der Waals surface area contributed by atoms with Crippen molar-refractivity contribution in [2.24, 2.45) is 0 Å². The van der Waals surface area contributed by atoms with Gasteiger partial charge in [0.25, 0.3) is 5.97 Å². The summed E-state index contributed by atoms with van der Waals surface area (Å²) in [6.45, 7) is 1.59. The maximum Gasteiger partial charge on any atom is 0.573 e. The molecule has 214 valence electrons. The summed E-state index contributed by atoms with van der Waals surface area (Å²) in [5, 5.41) is 10.3. The maximum absolute atomic E-state index is 11.8. The Morgan fingerprint density at radius 2 is 1.82 bits per heavy atom. The predicted octanol–water partition coefficient (Wildman–Crippen LogP) is 7.32. The molecule has 0 amide bonds. The van der Waals surface area contributed by atoms with Crippen LogP contribution in [-0.2, 0) is 11.3 Å². The van der Waals surface area contributed by atoms with Crippen LogP contribution in [0.15, 0.2) is 60.9 Å². The van der Waals surface area contributed by atoms with Gasteiger partial charge < -0.3 is 15.2 Å². The highest BCUT2D eigenvalue weighted by Gasteiger charge is 2.31. The number of carbonyl (C=O) groups is 2. The van der Waals surface area contributed by atoms with Crippen LogP contribution in [0.3, 0.4) is 0 Å². The van der Waals surface area contributed by atoms with E-state index in [0.29, 0.717) is 12.2 Å². The number of aldehydes is 1. The van der Waals surface area contributed by atoms with Gasteiger partial charge in [0.05, 0.1) is 4.88 Å². The summed E-state index contributed by atoms with van der Waals surface area (Å²) in [6, 6.07) is 14.9. The van der Waals surface area contributed by atoms with Gasteiger partial charge in [0.15, 0.2) is 11.2 Å². The highest BCUT2D eigenvalue weighted by Crippen LogP contribution is 2.35. The van der Waals surface area contributed by atoms with Crippen molar-refractivity contribution in [3.63, 3.8) is 0 Å². The third kappa shape index (κ3) is 9.80. The van der Waals surface area contributed by atoms with E-state index in [2.05, 4.69) is 45.5 Å². The highest BCUT2D eigenvalue weighted by molar-refractivity contribution is 7.20. The molecule has 2 aromatic heterocycles. The number of ether oxygens (including phenoxy) is 1. The SMILES string of the molecule is CC(=O)O.CNCc1cccc(OC(F)(F)F)c1.O=Cc1cn2cc(-c3ccc(C4CCCCC4)cc3)sc2n1. The summed E-state index contributed by atoms with van der Waals surface area (Å²) >= 11 is 1.62. The number of fused-ring (bicyclic) bond motifs is 1. The van der Waals surface area contributed by atoms with Crippen LogP contribution in [0.5, 0.6) is 5.75 Å². The molecule has 1 fully saturated rings. The molecule has 1 saturated carbocycles. The second-order valence-electron chi connectivity index (χ2n) is 9.27. The average Bonchev–Trinajstić information content (AvgIpc) is 3.48. The molecule has 0 bridgehead atoms. The van der Waals surface area contributed by atoms with Crippen molar-refractivity contribution in [3.05, 3.63) is 77.7 Å². The number of benzene rings is 2. The number of nitrogens with zero attached hydrogens (tertiary/aromatic N) is 2. The van der Waals surface area contributed by atoms with Crippen molar-refractivity contribution in [2.75, 3.05) is 7.05 Å². The van der Waals surface area contributed by atoms with E-state index in [0.717, 1.165) is 29.7 Å². The molecule has 0 spiro atoms. The Morgan fingerprint density at radius 1 is 1.15 bits per heavy atom. The fraction of sp³-hybridized carbons (Fsp3) is 0.345. The van der Waals surface area contributed by atoms with Crippen LogP contribution in [0.1, 0.15) is 66.6 Å². The summed E-state index contributed by atoms with van der Waals surface area (Å²) in [5.74, 6) is -0.274. The van der Waals surface area contributed by atoms with Crippen molar-refractivity contribution >= 4 is 28.6 Å². The number of carboxylic acid groups (broad SMARTS) is 1. The molecule has 0 saturated heterocycles. The predicted molar refractivity (Wildman–Crippen MR) is 149 cm³/mol. The monoisotopic (exact) mass is 575 g/mol. The Labute approximate surface area is 234 Å². The Balaban J connectivity index is 0.000000211. The second-order valence-corrected chi connectivity index (χ2v) is 10.3. The zero-order valence-corrected chi connectivity index (χ0v) is 23.1. The number of carbonyl (C=O) groups excluding carboxylic acids is 1. The number of carboxylic acids is 1. The fourth-order valence-corrected chi connectivity index (χ4v) is 5.39. The van der Waals surface area contributed by atoms with Gasteiger partial charge in [0.1, 0.15) is 11.4 Å². The number of thiazole rings is 1. The summed E-state index contributed by atoms with van der Waals surface area (Å²) in [5.41, 5.74) is 3.94. The minimum Gasteiger partial charge on any atom is -0.481 e. The summed E-state index contributed by atoms with van der Waals surface area (Å²) in [4.78, 5) is 26.1. The molecular formula is C29H32F3N3O4S. The van der Waals surface area contributed by atoms with E-state index in [1.807, 2.05) is 4.40 Å². The number of hydrogen-bond acceptors (Lipinski definition) is 6. The lowest BCUT2D eigenvalue weighted by atomic mass is 9.84. The molecule has 5 rings (SSSR count). The molecule has 40 heavy (non-hydrogen) atoms. The summed E-state index contributed by atoms with van der Waals surface area (Å²) in [6.07, 6.45) is 6.79. The number of aromatic nitrogens is 2. The molecule has 0 atom stereocenters. The molecule has 11 heteroatoms. The van der Waals surface area contributed by atoms with E-state index in [9.17, 15) is 18.0 Å². The molecule has 0 aliphatic heterocycles. The molecule has 7 nitrogen and oxygen atoms in total. The molecule has 1 aliphatic rings. The fourth-order valence-electron chi connectivity index (χ4n) is 4.42. The third-order valence-corrected chi connectivity index (χ3v) is 7.13. The number of rotatable bonds is 6. The first-order valence-corrected chi connectivity index (χ1v) is 13.6. The molecule has 0 radical (unpaired) electrons.